The van der Waals surface area contributed by atoms with Crippen LogP contribution in [0, 0.1) is 13.8 Å². The predicted molar refractivity (Wildman–Crippen MR) is 121 cm³/mol. The summed E-state index contributed by atoms with van der Waals surface area (Å²) < 4.78 is 1.75. The van der Waals surface area contributed by atoms with E-state index in [4.69, 9.17) is 16.7 Å². The number of benzene rings is 2. The van der Waals surface area contributed by atoms with Crippen molar-refractivity contribution in [3.05, 3.63) is 70.4 Å². The smallest absolute Gasteiger partial charge is 0.270 e. The van der Waals surface area contributed by atoms with Gasteiger partial charge in [-0.3, -0.25) is 4.79 Å². The molecule has 1 fully saturated rings. The van der Waals surface area contributed by atoms with E-state index in [9.17, 15) is 4.79 Å². The topological polar surface area (TPSA) is 51.4 Å². The SMILES string of the molecule is Cc1ccc(C)c(-n2nc(-c3ccccc3Cl)cc2C(=O)NCC[NH+]2CCCC2)c1. The molecular formula is C24H28ClN4O+. The molecule has 156 valence electrons. The summed E-state index contributed by atoms with van der Waals surface area (Å²) in [5.41, 5.74) is 5.12. The summed E-state index contributed by atoms with van der Waals surface area (Å²) in [6.45, 7) is 8.10. The van der Waals surface area contributed by atoms with Gasteiger partial charge in [0, 0.05) is 18.4 Å². The molecule has 4 rings (SSSR count). The Morgan fingerprint density at radius 1 is 1.13 bits per heavy atom. The van der Waals surface area contributed by atoms with E-state index in [1.807, 2.05) is 44.2 Å². The zero-order chi connectivity index (χ0) is 21.1. The van der Waals surface area contributed by atoms with E-state index in [0.29, 0.717) is 23.0 Å². The normalized spacial score (nSPS) is 14.2. The number of nitrogens with one attached hydrogen (secondary N) is 2. The molecule has 2 heterocycles. The van der Waals surface area contributed by atoms with Crippen LogP contribution in [0.4, 0.5) is 0 Å². The maximum absolute atomic E-state index is 13.1. The zero-order valence-corrected chi connectivity index (χ0v) is 18.3. The molecule has 3 aromatic rings. The Kier molecular flexibility index (Phi) is 6.21. The van der Waals surface area contributed by atoms with E-state index >= 15 is 0 Å². The van der Waals surface area contributed by atoms with Gasteiger partial charge in [0.1, 0.15) is 5.69 Å². The highest BCUT2D eigenvalue weighted by Gasteiger charge is 2.21. The molecule has 6 heteroatoms. The van der Waals surface area contributed by atoms with Gasteiger partial charge < -0.3 is 10.2 Å². The molecule has 1 aromatic heterocycles. The van der Waals surface area contributed by atoms with Crippen LogP contribution in [-0.4, -0.2) is 41.9 Å². The Hall–Kier alpha value is -2.63. The van der Waals surface area contributed by atoms with Crippen molar-refractivity contribution >= 4 is 17.5 Å². The van der Waals surface area contributed by atoms with Crippen molar-refractivity contribution in [2.24, 2.45) is 0 Å². The van der Waals surface area contributed by atoms with E-state index in [2.05, 4.69) is 23.5 Å². The number of aromatic nitrogens is 2. The van der Waals surface area contributed by atoms with Gasteiger partial charge in [0.05, 0.1) is 42.6 Å². The van der Waals surface area contributed by atoms with Crippen molar-refractivity contribution in [1.29, 1.82) is 0 Å². The van der Waals surface area contributed by atoms with Gasteiger partial charge in [0.25, 0.3) is 5.91 Å². The Morgan fingerprint density at radius 3 is 2.67 bits per heavy atom. The summed E-state index contributed by atoms with van der Waals surface area (Å²) in [5.74, 6) is -0.111. The molecule has 1 aliphatic heterocycles. The molecule has 2 aromatic carbocycles. The lowest BCUT2D eigenvalue weighted by Gasteiger charge is -2.14. The highest BCUT2D eigenvalue weighted by Crippen LogP contribution is 2.29. The van der Waals surface area contributed by atoms with Gasteiger partial charge in [0.15, 0.2) is 0 Å². The minimum absolute atomic E-state index is 0.111. The van der Waals surface area contributed by atoms with Crippen LogP contribution in [-0.2, 0) is 0 Å². The fourth-order valence-electron chi connectivity index (χ4n) is 4.04. The molecule has 1 amide bonds. The molecule has 0 atom stereocenters. The van der Waals surface area contributed by atoms with Gasteiger partial charge in [-0.1, -0.05) is 41.9 Å². The number of hydrogen-bond acceptors (Lipinski definition) is 2. The number of nitrogens with zero attached hydrogens (tertiary/aromatic N) is 2. The Balaban J connectivity index is 1.67. The first-order valence-electron chi connectivity index (χ1n) is 10.6. The third kappa shape index (κ3) is 4.42. The molecule has 0 saturated carbocycles. The number of carbonyl (C=O) groups is 1. The first-order chi connectivity index (χ1) is 14.5. The molecule has 1 saturated heterocycles. The largest absolute Gasteiger partial charge is 0.345 e. The average molecular weight is 424 g/mol. The monoisotopic (exact) mass is 423 g/mol. The Bertz CT molecular complexity index is 1050. The lowest BCUT2D eigenvalue weighted by molar-refractivity contribution is -0.886. The van der Waals surface area contributed by atoms with Crippen molar-refractivity contribution in [3.8, 4) is 16.9 Å². The Morgan fingerprint density at radius 2 is 1.90 bits per heavy atom. The molecular weight excluding hydrogens is 396 g/mol. The van der Waals surface area contributed by atoms with Gasteiger partial charge >= 0.3 is 0 Å². The summed E-state index contributed by atoms with van der Waals surface area (Å²) in [6.07, 6.45) is 2.56. The summed E-state index contributed by atoms with van der Waals surface area (Å²) in [5, 5.41) is 8.50. The maximum atomic E-state index is 13.1. The van der Waals surface area contributed by atoms with Gasteiger partial charge in [-0.2, -0.15) is 5.10 Å². The molecule has 0 spiro atoms. The van der Waals surface area contributed by atoms with Crippen LogP contribution in [0.15, 0.2) is 48.5 Å². The lowest BCUT2D eigenvalue weighted by atomic mass is 10.1. The number of aryl methyl sites for hydroxylation is 2. The standard InChI is InChI=1S/C24H27ClN4O/c1-17-9-10-18(2)22(15-17)29-23(24(30)26-11-14-28-12-5-6-13-28)16-21(27-29)19-7-3-4-8-20(19)25/h3-4,7-10,15-16H,5-6,11-14H2,1-2H3,(H,26,30)/p+1. The fraction of sp³-hybridized carbons (Fsp3) is 0.333. The first-order valence-corrected chi connectivity index (χ1v) is 10.9. The molecule has 0 bridgehead atoms. The summed E-state index contributed by atoms with van der Waals surface area (Å²) in [4.78, 5) is 14.7. The van der Waals surface area contributed by atoms with Crippen LogP contribution in [0.3, 0.4) is 0 Å². The van der Waals surface area contributed by atoms with E-state index < -0.39 is 0 Å². The second-order valence-corrected chi connectivity index (χ2v) is 8.47. The number of amides is 1. The van der Waals surface area contributed by atoms with Crippen molar-refractivity contribution in [2.45, 2.75) is 26.7 Å². The van der Waals surface area contributed by atoms with E-state index in [1.54, 1.807) is 9.58 Å². The van der Waals surface area contributed by atoms with Gasteiger partial charge in [-0.15, -0.1) is 0 Å². The minimum atomic E-state index is -0.111. The third-order valence-corrected chi connectivity index (χ3v) is 6.09. The Labute approximate surface area is 182 Å². The van der Waals surface area contributed by atoms with Gasteiger partial charge in [0.2, 0.25) is 0 Å². The lowest BCUT2D eigenvalue weighted by Crippen LogP contribution is -3.10. The second kappa shape index (κ2) is 9.02. The van der Waals surface area contributed by atoms with Gasteiger partial charge in [-0.05, 0) is 43.2 Å². The highest BCUT2D eigenvalue weighted by molar-refractivity contribution is 6.33. The number of likely N-dealkylation sites (tertiary alicyclic amines) is 1. The van der Waals surface area contributed by atoms with Crippen molar-refractivity contribution in [2.75, 3.05) is 26.2 Å². The van der Waals surface area contributed by atoms with Crippen LogP contribution < -0.4 is 10.2 Å². The number of halogens is 1. The summed E-state index contributed by atoms with van der Waals surface area (Å²) in [7, 11) is 0. The number of carbonyl (C=O) groups excluding carboxylic acids is 1. The van der Waals surface area contributed by atoms with E-state index in [0.717, 1.165) is 28.9 Å². The van der Waals surface area contributed by atoms with Gasteiger partial charge in [-0.25, -0.2) is 4.68 Å². The van der Waals surface area contributed by atoms with Crippen molar-refractivity contribution in [3.63, 3.8) is 0 Å². The molecule has 0 aliphatic carbocycles. The first kappa shape index (κ1) is 20.6. The predicted octanol–water partition coefficient (Wildman–Crippen LogP) is 3.22. The van der Waals surface area contributed by atoms with Crippen LogP contribution >= 0.6 is 11.6 Å². The van der Waals surface area contributed by atoms with E-state index in [-0.39, 0.29) is 5.91 Å². The van der Waals surface area contributed by atoms with Crippen LogP contribution in [0.2, 0.25) is 5.02 Å². The number of quaternary nitrogens is 1. The summed E-state index contributed by atoms with van der Waals surface area (Å²) >= 11 is 6.41. The maximum Gasteiger partial charge on any atom is 0.270 e. The quantitative estimate of drug-likeness (QED) is 0.639. The van der Waals surface area contributed by atoms with Crippen LogP contribution in [0.25, 0.3) is 16.9 Å². The summed E-state index contributed by atoms with van der Waals surface area (Å²) in [6, 6.07) is 15.6. The van der Waals surface area contributed by atoms with Crippen LogP contribution in [0.5, 0.6) is 0 Å². The molecule has 5 nitrogen and oxygen atoms in total. The van der Waals surface area contributed by atoms with E-state index in [1.165, 1.54) is 25.9 Å². The molecule has 1 aliphatic rings. The second-order valence-electron chi connectivity index (χ2n) is 8.06. The number of rotatable bonds is 6. The molecule has 0 radical (unpaired) electrons. The van der Waals surface area contributed by atoms with Crippen molar-refractivity contribution in [1.82, 2.24) is 15.1 Å². The fourth-order valence-corrected chi connectivity index (χ4v) is 4.28. The average Bonchev–Trinajstić information content (AvgIpc) is 3.40. The van der Waals surface area contributed by atoms with Crippen molar-refractivity contribution < 1.29 is 9.69 Å². The zero-order valence-electron chi connectivity index (χ0n) is 17.5. The number of hydrogen-bond donors (Lipinski definition) is 2. The highest BCUT2D eigenvalue weighted by atomic mass is 35.5. The molecule has 30 heavy (non-hydrogen) atoms. The minimum Gasteiger partial charge on any atom is -0.345 e. The molecule has 0 unspecified atom stereocenters. The third-order valence-electron chi connectivity index (χ3n) is 5.76. The molecule has 2 N–H and O–H groups in total. The van der Waals surface area contributed by atoms with Crippen LogP contribution in [0.1, 0.15) is 34.5 Å².